The SMILES string of the molecule is O=C(O)c1c(NCCC(Br)[n+]2ccccc2)cccc1S(=O)(=O)Nc1ccc(Cl)cc1. The fourth-order valence-electron chi connectivity index (χ4n) is 2.92. The maximum atomic E-state index is 12.9. The maximum absolute atomic E-state index is 12.9. The van der Waals surface area contributed by atoms with Crippen LogP contribution in [-0.4, -0.2) is 26.0 Å². The van der Waals surface area contributed by atoms with Crippen LogP contribution in [0.25, 0.3) is 0 Å². The third kappa shape index (κ3) is 5.96. The van der Waals surface area contributed by atoms with Gasteiger partial charge >= 0.3 is 5.97 Å². The van der Waals surface area contributed by atoms with Crippen LogP contribution in [0.15, 0.2) is 78.0 Å². The largest absolute Gasteiger partial charge is 0.478 e. The Bertz CT molecular complexity index is 1160. The molecule has 0 bridgehead atoms. The molecule has 31 heavy (non-hydrogen) atoms. The summed E-state index contributed by atoms with van der Waals surface area (Å²) in [5, 5.41) is 13.2. The third-order valence-corrected chi connectivity index (χ3v) is 6.99. The molecule has 0 radical (unpaired) electrons. The highest BCUT2D eigenvalue weighted by atomic mass is 79.9. The van der Waals surface area contributed by atoms with Gasteiger partial charge in [0.1, 0.15) is 10.5 Å². The van der Waals surface area contributed by atoms with E-state index in [0.717, 1.165) is 0 Å². The molecular weight excluding hydrogens is 506 g/mol. The molecule has 0 saturated carbocycles. The van der Waals surface area contributed by atoms with E-state index in [1.54, 1.807) is 6.07 Å². The van der Waals surface area contributed by atoms with Gasteiger partial charge in [0.2, 0.25) is 4.95 Å². The van der Waals surface area contributed by atoms with Gasteiger partial charge in [0, 0.05) is 35.8 Å². The molecule has 0 aliphatic carbocycles. The smallest absolute Gasteiger partial charge is 0.339 e. The van der Waals surface area contributed by atoms with Gasteiger partial charge in [-0.2, -0.15) is 4.57 Å². The van der Waals surface area contributed by atoms with Gasteiger partial charge in [0.15, 0.2) is 12.4 Å². The van der Waals surface area contributed by atoms with Crippen molar-refractivity contribution in [3.05, 3.63) is 83.6 Å². The predicted molar refractivity (Wildman–Crippen MR) is 123 cm³/mol. The second-order valence-corrected chi connectivity index (χ2v) is 9.71. The molecule has 1 aromatic heterocycles. The summed E-state index contributed by atoms with van der Waals surface area (Å²) in [7, 11) is -4.14. The Balaban J connectivity index is 1.80. The number of benzene rings is 2. The molecule has 2 aromatic carbocycles. The number of carboxylic acids is 1. The summed E-state index contributed by atoms with van der Waals surface area (Å²) in [6, 6.07) is 16.1. The second-order valence-electron chi connectivity index (χ2n) is 6.57. The van der Waals surface area contributed by atoms with Crippen molar-refractivity contribution in [2.75, 3.05) is 16.6 Å². The quantitative estimate of drug-likeness (QED) is 0.282. The van der Waals surface area contributed by atoms with E-state index in [9.17, 15) is 18.3 Å². The molecule has 3 rings (SSSR count). The van der Waals surface area contributed by atoms with Crippen molar-refractivity contribution in [1.29, 1.82) is 0 Å². The molecule has 0 saturated heterocycles. The highest BCUT2D eigenvalue weighted by Gasteiger charge is 2.25. The van der Waals surface area contributed by atoms with Crippen molar-refractivity contribution in [2.45, 2.75) is 16.3 Å². The Morgan fingerprint density at radius 1 is 1.06 bits per heavy atom. The summed E-state index contributed by atoms with van der Waals surface area (Å²) in [5.41, 5.74) is 0.188. The van der Waals surface area contributed by atoms with Gasteiger partial charge in [-0.3, -0.25) is 4.72 Å². The number of carbonyl (C=O) groups is 1. The van der Waals surface area contributed by atoms with Gasteiger partial charge in [-0.1, -0.05) is 23.7 Å². The lowest BCUT2D eigenvalue weighted by molar-refractivity contribution is -0.698. The summed E-state index contributed by atoms with van der Waals surface area (Å²) in [6.07, 6.45) is 4.46. The molecule has 0 amide bonds. The minimum atomic E-state index is -4.14. The molecule has 3 N–H and O–H groups in total. The number of carboxylic acid groups (broad SMARTS) is 1. The molecule has 0 aliphatic heterocycles. The molecule has 0 aliphatic rings. The number of nitrogens with one attached hydrogen (secondary N) is 2. The van der Waals surface area contributed by atoms with E-state index in [0.29, 0.717) is 18.0 Å². The van der Waals surface area contributed by atoms with Crippen LogP contribution >= 0.6 is 27.5 Å². The Hall–Kier alpha value is -2.62. The zero-order chi connectivity index (χ0) is 22.4. The average Bonchev–Trinajstić information content (AvgIpc) is 2.75. The van der Waals surface area contributed by atoms with Crippen LogP contribution in [-0.2, 0) is 10.0 Å². The van der Waals surface area contributed by atoms with Gasteiger partial charge in [-0.15, -0.1) is 0 Å². The lowest BCUT2D eigenvalue weighted by Gasteiger charge is -2.15. The topological polar surface area (TPSA) is 99.4 Å². The highest BCUT2D eigenvalue weighted by Crippen LogP contribution is 2.27. The van der Waals surface area contributed by atoms with Crippen LogP contribution in [0.1, 0.15) is 21.7 Å². The fourth-order valence-corrected chi connectivity index (χ4v) is 4.83. The van der Waals surface area contributed by atoms with E-state index < -0.39 is 16.0 Å². The van der Waals surface area contributed by atoms with Crippen LogP contribution in [0.4, 0.5) is 11.4 Å². The molecule has 1 unspecified atom stereocenters. The first-order valence-electron chi connectivity index (χ1n) is 9.26. The van der Waals surface area contributed by atoms with E-state index in [2.05, 4.69) is 26.0 Å². The van der Waals surface area contributed by atoms with Gasteiger partial charge < -0.3 is 10.4 Å². The number of aromatic nitrogens is 1. The standard InChI is InChI=1S/C21H19BrClN3O4S/c22-19(26-13-2-1-3-14-26)11-12-24-17-5-4-6-18(20(17)21(27)28)31(29,30)25-16-9-7-15(23)8-10-16/h1-10,13-14,19,24-25H,11-12H2/p+1. The normalized spacial score (nSPS) is 12.2. The molecule has 0 spiro atoms. The van der Waals surface area contributed by atoms with Gasteiger partial charge in [0.25, 0.3) is 10.0 Å². The van der Waals surface area contributed by atoms with Crippen LogP contribution in [0.3, 0.4) is 0 Å². The maximum Gasteiger partial charge on any atom is 0.339 e. The molecule has 162 valence electrons. The Kier molecular flexibility index (Phi) is 7.53. The van der Waals surface area contributed by atoms with Crippen molar-refractivity contribution in [2.24, 2.45) is 0 Å². The summed E-state index contributed by atoms with van der Waals surface area (Å²) < 4.78 is 30.1. The number of aromatic carboxylic acids is 1. The first-order valence-corrected chi connectivity index (χ1v) is 12.0. The number of rotatable bonds is 9. The lowest BCUT2D eigenvalue weighted by atomic mass is 10.1. The predicted octanol–water partition coefficient (Wildman–Crippen LogP) is 4.52. The molecule has 3 aromatic rings. The summed E-state index contributed by atoms with van der Waals surface area (Å²) in [6.45, 7) is 0.423. The second kappa shape index (κ2) is 10.1. The number of alkyl halides is 1. The Morgan fingerprint density at radius 2 is 1.74 bits per heavy atom. The Morgan fingerprint density at radius 3 is 2.39 bits per heavy atom. The molecule has 0 fully saturated rings. The number of nitrogens with zero attached hydrogens (tertiary/aromatic N) is 1. The minimum absolute atomic E-state index is 0.00651. The lowest BCUT2D eigenvalue weighted by Crippen LogP contribution is -2.35. The summed E-state index contributed by atoms with van der Waals surface area (Å²) in [4.78, 5) is 11.6. The number of sulfonamides is 1. The first-order chi connectivity index (χ1) is 14.8. The van der Waals surface area contributed by atoms with Crippen LogP contribution in [0.5, 0.6) is 0 Å². The van der Waals surface area contributed by atoms with E-state index in [4.69, 9.17) is 11.6 Å². The van der Waals surface area contributed by atoms with E-state index in [1.807, 2.05) is 35.2 Å². The molecule has 7 nitrogen and oxygen atoms in total. The molecule has 10 heteroatoms. The number of pyridine rings is 1. The minimum Gasteiger partial charge on any atom is -0.478 e. The number of halogens is 2. The monoisotopic (exact) mass is 524 g/mol. The number of hydrogen-bond acceptors (Lipinski definition) is 4. The van der Waals surface area contributed by atoms with Crippen molar-refractivity contribution in [1.82, 2.24) is 0 Å². The third-order valence-electron chi connectivity index (χ3n) is 4.39. The van der Waals surface area contributed by atoms with Crippen LogP contribution in [0, 0.1) is 0 Å². The zero-order valence-corrected chi connectivity index (χ0v) is 19.4. The Labute approximate surface area is 193 Å². The molecule has 1 atom stereocenters. The van der Waals surface area contributed by atoms with E-state index in [1.165, 1.54) is 36.4 Å². The van der Waals surface area contributed by atoms with Gasteiger partial charge in [-0.25, -0.2) is 13.2 Å². The zero-order valence-electron chi connectivity index (χ0n) is 16.2. The van der Waals surface area contributed by atoms with Gasteiger partial charge in [-0.05, 0) is 52.3 Å². The first kappa shape index (κ1) is 23.1. The molecular formula is C21H20BrClN3O4S+. The average molecular weight is 526 g/mol. The summed E-state index contributed by atoms with van der Waals surface area (Å²) in [5.74, 6) is -1.34. The van der Waals surface area contributed by atoms with Crippen LogP contribution in [0.2, 0.25) is 5.02 Å². The van der Waals surface area contributed by atoms with E-state index in [-0.39, 0.29) is 26.8 Å². The van der Waals surface area contributed by atoms with Crippen molar-refractivity contribution in [3.8, 4) is 0 Å². The number of anilines is 2. The molecule has 1 heterocycles. The number of hydrogen-bond donors (Lipinski definition) is 3. The van der Waals surface area contributed by atoms with Gasteiger partial charge in [0.05, 0.1) is 5.69 Å². The van der Waals surface area contributed by atoms with Crippen molar-refractivity contribution < 1.29 is 22.9 Å². The van der Waals surface area contributed by atoms with Crippen LogP contribution < -0.4 is 14.6 Å². The van der Waals surface area contributed by atoms with Crippen molar-refractivity contribution >= 4 is 54.9 Å². The van der Waals surface area contributed by atoms with E-state index >= 15 is 0 Å². The van der Waals surface area contributed by atoms with Crippen molar-refractivity contribution in [3.63, 3.8) is 0 Å². The fraction of sp³-hybridized carbons (Fsp3) is 0.143. The highest BCUT2D eigenvalue weighted by molar-refractivity contribution is 9.09. The summed E-state index contributed by atoms with van der Waals surface area (Å²) >= 11 is 9.42.